The average Bonchev–Trinajstić information content (AvgIpc) is 3.34. The number of methoxy groups -OCH3 is 2. The van der Waals surface area contributed by atoms with Crippen molar-refractivity contribution in [2.24, 2.45) is 0 Å². The predicted octanol–water partition coefficient (Wildman–Crippen LogP) is 5.22. The molecule has 174 valence electrons. The molecule has 0 spiro atoms. The van der Waals surface area contributed by atoms with Crippen LogP contribution in [0.2, 0.25) is 0 Å². The van der Waals surface area contributed by atoms with Crippen LogP contribution in [0.25, 0.3) is 0 Å². The van der Waals surface area contributed by atoms with Gasteiger partial charge >= 0.3 is 0 Å². The van der Waals surface area contributed by atoms with E-state index in [0.29, 0.717) is 5.11 Å². The molecule has 1 heterocycles. The first-order valence-electron chi connectivity index (χ1n) is 11.1. The van der Waals surface area contributed by atoms with E-state index in [-0.39, 0.29) is 6.04 Å². The van der Waals surface area contributed by atoms with Crippen molar-refractivity contribution in [3.63, 3.8) is 0 Å². The van der Waals surface area contributed by atoms with E-state index in [0.717, 1.165) is 46.8 Å². The minimum atomic E-state index is -0.0532. The number of benzene rings is 3. The fourth-order valence-electron chi connectivity index (χ4n) is 3.78. The Morgan fingerprint density at radius 3 is 2.18 bits per heavy atom. The molecule has 6 nitrogen and oxygen atoms in total. The lowest BCUT2D eigenvalue weighted by molar-refractivity contribution is 0.354. The summed E-state index contributed by atoms with van der Waals surface area (Å²) in [4.78, 5) is 0. The number of hydrogen-bond acceptors (Lipinski definition) is 4. The summed E-state index contributed by atoms with van der Waals surface area (Å²) in [6, 6.07) is 26.4. The van der Waals surface area contributed by atoms with Crippen LogP contribution in [0.3, 0.4) is 0 Å². The molecule has 0 aliphatic carbocycles. The van der Waals surface area contributed by atoms with Crippen LogP contribution in [0.1, 0.15) is 22.7 Å². The van der Waals surface area contributed by atoms with Crippen molar-refractivity contribution in [3.05, 3.63) is 108 Å². The van der Waals surface area contributed by atoms with E-state index in [1.807, 2.05) is 65.5 Å². The molecule has 0 unspecified atom stereocenters. The number of ether oxygens (including phenoxy) is 2. The van der Waals surface area contributed by atoms with Crippen molar-refractivity contribution in [1.82, 2.24) is 15.1 Å². The van der Waals surface area contributed by atoms with Gasteiger partial charge in [0.2, 0.25) is 0 Å². The first-order chi connectivity index (χ1) is 16.7. The summed E-state index contributed by atoms with van der Waals surface area (Å²) < 4.78 is 12.6. The topological polar surface area (TPSA) is 60.3 Å². The molecule has 4 aromatic rings. The second kappa shape index (κ2) is 11.3. The van der Waals surface area contributed by atoms with E-state index in [1.165, 1.54) is 0 Å². The highest BCUT2D eigenvalue weighted by atomic mass is 32.1. The van der Waals surface area contributed by atoms with Crippen LogP contribution in [0.4, 0.5) is 5.69 Å². The van der Waals surface area contributed by atoms with Crippen LogP contribution in [0.5, 0.6) is 11.5 Å². The molecule has 0 aliphatic heterocycles. The Bertz CT molecular complexity index is 1170. The molecule has 0 bridgehead atoms. The van der Waals surface area contributed by atoms with Crippen LogP contribution < -0.4 is 20.1 Å². The molecule has 0 saturated heterocycles. The van der Waals surface area contributed by atoms with E-state index >= 15 is 0 Å². The number of rotatable bonds is 9. The molecule has 1 aromatic heterocycles. The second-order valence-corrected chi connectivity index (χ2v) is 8.19. The zero-order valence-corrected chi connectivity index (χ0v) is 20.1. The number of nitrogens with one attached hydrogen (secondary N) is 2. The minimum Gasteiger partial charge on any atom is -0.493 e. The predicted molar refractivity (Wildman–Crippen MR) is 140 cm³/mol. The number of hydrogen-bond donors (Lipinski definition) is 2. The van der Waals surface area contributed by atoms with Gasteiger partial charge < -0.3 is 20.1 Å². The molecule has 34 heavy (non-hydrogen) atoms. The van der Waals surface area contributed by atoms with Crippen LogP contribution in [0.15, 0.2) is 91.3 Å². The maximum atomic E-state index is 5.63. The lowest BCUT2D eigenvalue weighted by Crippen LogP contribution is -2.32. The third kappa shape index (κ3) is 5.94. The van der Waals surface area contributed by atoms with Crippen molar-refractivity contribution in [3.8, 4) is 11.5 Å². The molecule has 0 atom stereocenters. The standard InChI is InChI=1S/C27H28N4O2S/c1-32-24-14-13-20(17-25(24)33-2)15-16-31-19-23(18-28-31)29-27(34)30-26(21-9-5-3-6-10-21)22-11-7-4-8-12-22/h3-14,17-19,26H,15-16H2,1-2H3,(H2,29,30,34). The number of thiocarbonyl (C=S) groups is 1. The number of anilines is 1. The molecule has 0 radical (unpaired) electrons. The average molecular weight is 473 g/mol. The Balaban J connectivity index is 1.38. The normalized spacial score (nSPS) is 10.7. The molecule has 7 heteroatoms. The van der Waals surface area contributed by atoms with Crippen LogP contribution in [-0.2, 0) is 13.0 Å². The van der Waals surface area contributed by atoms with Gasteiger partial charge in [-0.1, -0.05) is 66.7 Å². The Labute approximate surface area is 205 Å². The Kier molecular flexibility index (Phi) is 7.78. The minimum absolute atomic E-state index is 0.0532. The van der Waals surface area contributed by atoms with Crippen LogP contribution in [-0.4, -0.2) is 29.1 Å². The summed E-state index contributed by atoms with van der Waals surface area (Å²) in [5, 5.41) is 11.7. The highest BCUT2D eigenvalue weighted by Gasteiger charge is 2.15. The summed E-state index contributed by atoms with van der Waals surface area (Å²) in [6.45, 7) is 0.730. The number of aryl methyl sites for hydroxylation is 2. The van der Waals surface area contributed by atoms with Gasteiger partial charge in [0, 0.05) is 12.7 Å². The van der Waals surface area contributed by atoms with Gasteiger partial charge in [-0.15, -0.1) is 0 Å². The van der Waals surface area contributed by atoms with Gasteiger partial charge in [0.1, 0.15) is 0 Å². The molecule has 2 N–H and O–H groups in total. The van der Waals surface area contributed by atoms with Gasteiger partial charge in [-0.25, -0.2) is 0 Å². The Hall–Kier alpha value is -3.84. The molecular weight excluding hydrogens is 444 g/mol. The maximum absolute atomic E-state index is 5.63. The maximum Gasteiger partial charge on any atom is 0.171 e. The van der Waals surface area contributed by atoms with E-state index in [9.17, 15) is 0 Å². The van der Waals surface area contributed by atoms with Gasteiger partial charge in [0.15, 0.2) is 16.6 Å². The fraction of sp³-hybridized carbons (Fsp3) is 0.185. The van der Waals surface area contributed by atoms with Gasteiger partial charge in [-0.3, -0.25) is 4.68 Å². The highest BCUT2D eigenvalue weighted by molar-refractivity contribution is 7.80. The fourth-order valence-corrected chi connectivity index (χ4v) is 4.01. The van der Waals surface area contributed by atoms with E-state index in [1.54, 1.807) is 20.4 Å². The molecule has 0 saturated carbocycles. The van der Waals surface area contributed by atoms with E-state index < -0.39 is 0 Å². The zero-order valence-electron chi connectivity index (χ0n) is 19.3. The molecule has 0 amide bonds. The van der Waals surface area contributed by atoms with E-state index in [4.69, 9.17) is 21.7 Å². The third-order valence-electron chi connectivity index (χ3n) is 5.51. The molecular formula is C27H28N4O2S. The van der Waals surface area contributed by atoms with Crippen molar-refractivity contribution < 1.29 is 9.47 Å². The van der Waals surface area contributed by atoms with Crippen molar-refractivity contribution in [1.29, 1.82) is 0 Å². The summed E-state index contributed by atoms with van der Waals surface area (Å²) >= 11 is 5.63. The highest BCUT2D eigenvalue weighted by Crippen LogP contribution is 2.28. The molecule has 0 fully saturated rings. The lowest BCUT2D eigenvalue weighted by Gasteiger charge is -2.21. The molecule has 0 aliphatic rings. The summed E-state index contributed by atoms with van der Waals surface area (Å²) in [6.07, 6.45) is 4.55. The van der Waals surface area contributed by atoms with Gasteiger partial charge in [-0.05, 0) is 47.5 Å². The first-order valence-corrected chi connectivity index (χ1v) is 11.5. The smallest absolute Gasteiger partial charge is 0.171 e. The number of aromatic nitrogens is 2. The van der Waals surface area contributed by atoms with Gasteiger partial charge in [0.25, 0.3) is 0 Å². The second-order valence-electron chi connectivity index (χ2n) is 7.78. The summed E-state index contributed by atoms with van der Waals surface area (Å²) in [7, 11) is 3.28. The molecule has 4 rings (SSSR count). The third-order valence-corrected chi connectivity index (χ3v) is 5.73. The quantitative estimate of drug-likeness (QED) is 0.326. The molecule has 3 aromatic carbocycles. The Morgan fingerprint density at radius 1 is 0.912 bits per heavy atom. The lowest BCUT2D eigenvalue weighted by atomic mass is 9.99. The zero-order chi connectivity index (χ0) is 23.8. The first kappa shape index (κ1) is 23.3. The van der Waals surface area contributed by atoms with Crippen LogP contribution in [0, 0.1) is 0 Å². The van der Waals surface area contributed by atoms with Crippen molar-refractivity contribution in [2.75, 3.05) is 19.5 Å². The van der Waals surface area contributed by atoms with Crippen molar-refractivity contribution >= 4 is 23.0 Å². The Morgan fingerprint density at radius 2 is 1.56 bits per heavy atom. The SMILES string of the molecule is COc1ccc(CCn2cc(NC(=S)NC(c3ccccc3)c3ccccc3)cn2)cc1OC. The van der Waals surface area contributed by atoms with E-state index in [2.05, 4.69) is 40.0 Å². The summed E-state index contributed by atoms with van der Waals surface area (Å²) in [5.41, 5.74) is 4.27. The number of nitrogens with zero attached hydrogens (tertiary/aromatic N) is 2. The van der Waals surface area contributed by atoms with Gasteiger partial charge in [0.05, 0.1) is 32.1 Å². The van der Waals surface area contributed by atoms with Crippen molar-refractivity contribution in [2.45, 2.75) is 19.0 Å². The largest absolute Gasteiger partial charge is 0.493 e. The van der Waals surface area contributed by atoms with Gasteiger partial charge in [-0.2, -0.15) is 5.10 Å². The monoisotopic (exact) mass is 472 g/mol. The van der Waals surface area contributed by atoms with Crippen LogP contribution >= 0.6 is 12.2 Å². The summed E-state index contributed by atoms with van der Waals surface area (Å²) in [5.74, 6) is 1.45.